The van der Waals surface area contributed by atoms with Crippen LogP contribution in [0.2, 0.25) is 0 Å². The van der Waals surface area contributed by atoms with Crippen molar-refractivity contribution >= 4 is 18.3 Å². The fourth-order valence-corrected chi connectivity index (χ4v) is 2.37. The second kappa shape index (κ2) is 9.49. The van der Waals surface area contributed by atoms with Crippen LogP contribution < -0.4 is 11.1 Å². The van der Waals surface area contributed by atoms with E-state index in [4.69, 9.17) is 5.73 Å². The van der Waals surface area contributed by atoms with Gasteiger partial charge in [-0.2, -0.15) is 0 Å². The van der Waals surface area contributed by atoms with Gasteiger partial charge >= 0.3 is 0 Å². The first kappa shape index (κ1) is 21.1. The molecule has 0 aliphatic carbocycles. The Balaban J connectivity index is 0.00000312. The maximum atomic E-state index is 13.1. The van der Waals surface area contributed by atoms with E-state index in [2.05, 4.69) is 19.2 Å². The summed E-state index contributed by atoms with van der Waals surface area (Å²) in [4.78, 5) is 11.9. The molecule has 0 aliphatic rings. The second-order valence-corrected chi connectivity index (χ2v) is 6.16. The Bertz CT molecular complexity index is 705. The molecule has 0 radical (unpaired) electrons. The number of nitrogens with two attached hydrogens (primary N) is 1. The summed E-state index contributed by atoms with van der Waals surface area (Å²) in [5.74, 6) is -1.71. The molecule has 0 fully saturated rings. The zero-order valence-electron chi connectivity index (χ0n) is 14.3. The summed E-state index contributed by atoms with van der Waals surface area (Å²) in [5.41, 5.74) is 8.67. The lowest BCUT2D eigenvalue weighted by atomic mass is 9.99. The Hall–Kier alpha value is -1.98. The van der Waals surface area contributed by atoms with E-state index in [1.807, 2.05) is 24.3 Å². The number of carbonyl (C=O) groups is 1. The van der Waals surface area contributed by atoms with Crippen LogP contribution in [0.25, 0.3) is 0 Å². The highest BCUT2D eigenvalue weighted by molar-refractivity contribution is 5.85. The maximum absolute atomic E-state index is 13.1. The van der Waals surface area contributed by atoms with Crippen molar-refractivity contribution in [2.45, 2.75) is 32.2 Å². The average molecular weight is 369 g/mol. The van der Waals surface area contributed by atoms with E-state index in [0.29, 0.717) is 11.5 Å². The van der Waals surface area contributed by atoms with Crippen LogP contribution in [0.3, 0.4) is 0 Å². The van der Waals surface area contributed by atoms with E-state index in [9.17, 15) is 13.6 Å². The largest absolute Gasteiger partial charge is 0.354 e. The molecule has 6 heteroatoms. The first-order valence-electron chi connectivity index (χ1n) is 7.93. The molecule has 0 spiro atoms. The SMILES string of the molecule is CC(C)c1ccc(C(N)CNC(=O)Cc2ccc(F)c(F)c2)cc1.Cl. The van der Waals surface area contributed by atoms with Crippen LogP contribution in [0.15, 0.2) is 42.5 Å². The van der Waals surface area contributed by atoms with Gasteiger partial charge in [0.25, 0.3) is 0 Å². The van der Waals surface area contributed by atoms with Gasteiger partial charge in [0.2, 0.25) is 5.91 Å². The Kier molecular flexibility index (Phi) is 8.00. The number of carbonyl (C=O) groups excluding carboxylic acids is 1. The summed E-state index contributed by atoms with van der Waals surface area (Å²) in [6.07, 6.45) is -0.0177. The number of hydrogen-bond donors (Lipinski definition) is 2. The first-order valence-corrected chi connectivity index (χ1v) is 7.93. The van der Waals surface area contributed by atoms with Crippen LogP contribution in [0.4, 0.5) is 8.78 Å². The van der Waals surface area contributed by atoms with Crippen LogP contribution in [-0.2, 0) is 11.2 Å². The predicted octanol–water partition coefficient (Wildman–Crippen LogP) is 3.87. The Morgan fingerprint density at radius 1 is 1.04 bits per heavy atom. The molecule has 0 aromatic heterocycles. The number of halogens is 3. The van der Waals surface area contributed by atoms with E-state index in [1.165, 1.54) is 11.6 Å². The minimum Gasteiger partial charge on any atom is -0.354 e. The third kappa shape index (κ3) is 6.11. The zero-order chi connectivity index (χ0) is 17.7. The molecule has 0 heterocycles. The summed E-state index contributed by atoms with van der Waals surface area (Å²) in [5, 5.41) is 2.72. The number of hydrogen-bond acceptors (Lipinski definition) is 2. The van der Waals surface area contributed by atoms with Crippen molar-refractivity contribution < 1.29 is 13.6 Å². The minimum atomic E-state index is -0.956. The molecule has 2 aromatic carbocycles. The summed E-state index contributed by atoms with van der Waals surface area (Å²) in [6.45, 7) is 4.52. The molecule has 3 N–H and O–H groups in total. The van der Waals surface area contributed by atoms with Gasteiger partial charge in [-0.1, -0.05) is 44.2 Å². The van der Waals surface area contributed by atoms with E-state index in [1.54, 1.807) is 0 Å². The van der Waals surface area contributed by atoms with Gasteiger partial charge in [0.05, 0.1) is 6.42 Å². The zero-order valence-corrected chi connectivity index (χ0v) is 15.1. The molecule has 0 aliphatic heterocycles. The van der Waals surface area contributed by atoms with Gasteiger partial charge in [-0.15, -0.1) is 12.4 Å². The van der Waals surface area contributed by atoms with Crippen molar-refractivity contribution in [1.82, 2.24) is 5.32 Å². The molecule has 0 saturated heterocycles. The van der Waals surface area contributed by atoms with Gasteiger partial charge in [0.1, 0.15) is 0 Å². The van der Waals surface area contributed by atoms with Crippen LogP contribution in [-0.4, -0.2) is 12.5 Å². The van der Waals surface area contributed by atoms with Crippen LogP contribution >= 0.6 is 12.4 Å². The van der Waals surface area contributed by atoms with Crippen molar-refractivity contribution in [2.24, 2.45) is 5.73 Å². The molecule has 0 bridgehead atoms. The monoisotopic (exact) mass is 368 g/mol. The molecule has 1 atom stereocenters. The topological polar surface area (TPSA) is 55.1 Å². The van der Waals surface area contributed by atoms with Crippen molar-refractivity contribution in [3.8, 4) is 0 Å². The van der Waals surface area contributed by atoms with Gasteiger partial charge in [-0.05, 0) is 34.7 Å². The Morgan fingerprint density at radius 2 is 1.64 bits per heavy atom. The Labute approximate surface area is 153 Å². The van der Waals surface area contributed by atoms with Crippen LogP contribution in [0.1, 0.15) is 42.5 Å². The lowest BCUT2D eigenvalue weighted by Gasteiger charge is -2.14. The second-order valence-electron chi connectivity index (χ2n) is 6.16. The van der Waals surface area contributed by atoms with Crippen molar-refractivity contribution in [3.05, 3.63) is 70.8 Å². The highest BCUT2D eigenvalue weighted by Gasteiger charge is 2.11. The highest BCUT2D eigenvalue weighted by Crippen LogP contribution is 2.17. The molecule has 25 heavy (non-hydrogen) atoms. The van der Waals surface area contributed by atoms with Crippen LogP contribution in [0, 0.1) is 11.6 Å². The normalized spacial score (nSPS) is 11.8. The van der Waals surface area contributed by atoms with Crippen molar-refractivity contribution in [2.75, 3.05) is 6.54 Å². The number of nitrogens with one attached hydrogen (secondary N) is 1. The molecule has 2 rings (SSSR count). The van der Waals surface area contributed by atoms with E-state index in [-0.39, 0.29) is 37.3 Å². The third-order valence-electron chi connectivity index (χ3n) is 3.90. The average Bonchev–Trinajstić information content (AvgIpc) is 2.56. The molecular formula is C19H23ClF2N2O. The lowest BCUT2D eigenvalue weighted by molar-refractivity contribution is -0.120. The number of amides is 1. The fraction of sp³-hybridized carbons (Fsp3) is 0.316. The smallest absolute Gasteiger partial charge is 0.224 e. The first-order chi connectivity index (χ1) is 11.4. The van der Waals surface area contributed by atoms with E-state index < -0.39 is 11.6 Å². The summed E-state index contributed by atoms with van der Waals surface area (Å²) in [7, 11) is 0. The molecule has 3 nitrogen and oxygen atoms in total. The number of rotatable bonds is 6. The molecule has 1 amide bonds. The van der Waals surface area contributed by atoms with Gasteiger partial charge in [0.15, 0.2) is 11.6 Å². The molecule has 1 unspecified atom stereocenters. The van der Waals surface area contributed by atoms with Gasteiger partial charge in [0, 0.05) is 12.6 Å². The fourth-order valence-electron chi connectivity index (χ4n) is 2.37. The molecule has 136 valence electrons. The van der Waals surface area contributed by atoms with Gasteiger partial charge in [-0.3, -0.25) is 4.79 Å². The minimum absolute atomic E-state index is 0. The summed E-state index contributed by atoms with van der Waals surface area (Å²) >= 11 is 0. The lowest BCUT2D eigenvalue weighted by Crippen LogP contribution is -2.32. The van der Waals surface area contributed by atoms with Crippen LogP contribution in [0.5, 0.6) is 0 Å². The third-order valence-corrected chi connectivity index (χ3v) is 3.90. The summed E-state index contributed by atoms with van der Waals surface area (Å²) in [6, 6.07) is 11.1. The molecule has 0 saturated carbocycles. The summed E-state index contributed by atoms with van der Waals surface area (Å²) < 4.78 is 26.0. The highest BCUT2D eigenvalue weighted by atomic mass is 35.5. The van der Waals surface area contributed by atoms with Crippen molar-refractivity contribution in [3.63, 3.8) is 0 Å². The van der Waals surface area contributed by atoms with E-state index >= 15 is 0 Å². The Morgan fingerprint density at radius 3 is 2.20 bits per heavy atom. The number of benzene rings is 2. The van der Waals surface area contributed by atoms with Gasteiger partial charge < -0.3 is 11.1 Å². The van der Waals surface area contributed by atoms with Gasteiger partial charge in [-0.25, -0.2) is 8.78 Å². The predicted molar refractivity (Wildman–Crippen MR) is 97.8 cm³/mol. The quantitative estimate of drug-likeness (QED) is 0.813. The van der Waals surface area contributed by atoms with Crippen molar-refractivity contribution in [1.29, 1.82) is 0 Å². The molecule has 2 aromatic rings. The standard InChI is InChI=1S/C19H22F2N2O.ClH/c1-12(2)14-4-6-15(7-5-14)18(22)11-23-19(24)10-13-3-8-16(20)17(21)9-13;/h3-9,12,18H,10-11,22H2,1-2H3,(H,23,24);1H. The maximum Gasteiger partial charge on any atom is 0.224 e. The molecular weight excluding hydrogens is 346 g/mol. The van der Waals surface area contributed by atoms with E-state index in [0.717, 1.165) is 17.7 Å².